The van der Waals surface area contributed by atoms with Crippen molar-refractivity contribution in [2.75, 3.05) is 30.4 Å². The van der Waals surface area contributed by atoms with Crippen molar-refractivity contribution < 1.29 is 9.84 Å². The van der Waals surface area contributed by atoms with Crippen LogP contribution >= 0.6 is 0 Å². The van der Waals surface area contributed by atoms with E-state index in [1.807, 2.05) is 30.0 Å². The molecule has 8 nitrogen and oxygen atoms in total. The number of rotatable bonds is 4. The van der Waals surface area contributed by atoms with Gasteiger partial charge >= 0.3 is 0 Å². The Morgan fingerprint density at radius 2 is 2.04 bits per heavy atom. The average Bonchev–Trinajstić information content (AvgIpc) is 2.68. The maximum atomic E-state index is 12.5. The zero-order valence-electron chi connectivity index (χ0n) is 15.9. The summed E-state index contributed by atoms with van der Waals surface area (Å²) in [5.74, 6) is 1.72. The maximum absolute atomic E-state index is 12.5. The Morgan fingerprint density at radius 3 is 2.79 bits per heavy atom. The number of aryl methyl sites for hydroxylation is 1. The van der Waals surface area contributed by atoms with Crippen molar-refractivity contribution in [1.29, 1.82) is 0 Å². The Labute approximate surface area is 162 Å². The zero-order chi connectivity index (χ0) is 19.7. The van der Waals surface area contributed by atoms with Crippen LogP contribution < -0.4 is 20.5 Å². The van der Waals surface area contributed by atoms with Crippen LogP contribution in [0.5, 0.6) is 5.75 Å². The van der Waals surface area contributed by atoms with Crippen LogP contribution in [0.2, 0.25) is 0 Å². The Morgan fingerprint density at radius 1 is 1.25 bits per heavy atom. The number of hydrogen-bond acceptors (Lipinski definition) is 7. The summed E-state index contributed by atoms with van der Waals surface area (Å²) in [6, 6.07) is 7.52. The van der Waals surface area contributed by atoms with E-state index in [1.165, 1.54) is 0 Å². The van der Waals surface area contributed by atoms with E-state index in [-0.39, 0.29) is 11.7 Å². The van der Waals surface area contributed by atoms with E-state index in [4.69, 9.17) is 4.74 Å². The van der Waals surface area contributed by atoms with Crippen molar-refractivity contribution in [2.24, 2.45) is 0 Å². The highest BCUT2D eigenvalue weighted by atomic mass is 16.5. The van der Waals surface area contributed by atoms with E-state index in [0.717, 1.165) is 17.0 Å². The molecule has 0 atom stereocenters. The lowest BCUT2D eigenvalue weighted by atomic mass is 10.1. The third-order valence-corrected chi connectivity index (χ3v) is 4.90. The molecule has 0 saturated carbocycles. The number of fused-ring (bicyclic) bond motifs is 1. The monoisotopic (exact) mass is 381 g/mol. The number of piperidine rings is 1. The number of hydrogen-bond donors (Lipinski definition) is 3. The van der Waals surface area contributed by atoms with Gasteiger partial charge in [-0.2, -0.15) is 4.98 Å². The van der Waals surface area contributed by atoms with E-state index in [2.05, 4.69) is 20.3 Å². The fraction of sp³-hybridized carbons (Fsp3) is 0.350. The minimum absolute atomic E-state index is 0.250. The quantitative estimate of drug-likeness (QED) is 0.637. The maximum Gasteiger partial charge on any atom is 0.261 e. The van der Waals surface area contributed by atoms with Gasteiger partial charge in [-0.25, -0.2) is 4.98 Å². The number of H-pyrrole nitrogens is 1. The SMILES string of the molecule is COc1cc(C)cc(Nc2nc(N3CCC(O)CC3)nc3cc[nH]c(=O)c23)c1. The Bertz CT molecular complexity index is 1060. The van der Waals surface area contributed by atoms with Crippen molar-refractivity contribution in [3.63, 3.8) is 0 Å². The molecule has 3 heterocycles. The van der Waals surface area contributed by atoms with Gasteiger partial charge in [0.1, 0.15) is 17.0 Å². The van der Waals surface area contributed by atoms with Gasteiger partial charge in [-0.3, -0.25) is 4.79 Å². The first-order chi connectivity index (χ1) is 13.5. The lowest BCUT2D eigenvalue weighted by Crippen LogP contribution is -2.37. The van der Waals surface area contributed by atoms with E-state index < -0.39 is 0 Å². The number of aromatic amines is 1. The number of ether oxygens (including phenoxy) is 1. The van der Waals surface area contributed by atoms with Gasteiger partial charge < -0.3 is 25.0 Å². The zero-order valence-corrected chi connectivity index (χ0v) is 15.9. The number of aromatic nitrogens is 3. The molecule has 1 aliphatic heterocycles. The summed E-state index contributed by atoms with van der Waals surface area (Å²) in [5.41, 5.74) is 2.13. The molecule has 8 heteroatoms. The normalized spacial score (nSPS) is 15.0. The molecule has 146 valence electrons. The number of aliphatic hydroxyl groups is 1. The summed E-state index contributed by atoms with van der Waals surface area (Å²) < 4.78 is 5.34. The summed E-state index contributed by atoms with van der Waals surface area (Å²) >= 11 is 0. The van der Waals surface area contributed by atoms with E-state index in [1.54, 1.807) is 19.4 Å². The van der Waals surface area contributed by atoms with Crippen LogP contribution in [0.1, 0.15) is 18.4 Å². The largest absolute Gasteiger partial charge is 0.497 e. The van der Waals surface area contributed by atoms with Crippen LogP contribution in [-0.4, -0.2) is 46.4 Å². The van der Waals surface area contributed by atoms with E-state index >= 15 is 0 Å². The average molecular weight is 381 g/mol. The number of methoxy groups -OCH3 is 1. The molecule has 0 radical (unpaired) electrons. The molecule has 1 fully saturated rings. The lowest BCUT2D eigenvalue weighted by molar-refractivity contribution is 0.145. The predicted octanol–water partition coefficient (Wildman–Crippen LogP) is 2.34. The van der Waals surface area contributed by atoms with Gasteiger partial charge in [-0.1, -0.05) is 0 Å². The van der Waals surface area contributed by atoms with E-state index in [9.17, 15) is 9.90 Å². The van der Waals surface area contributed by atoms with Crippen LogP contribution in [0.25, 0.3) is 10.9 Å². The lowest BCUT2D eigenvalue weighted by Gasteiger charge is -2.30. The minimum Gasteiger partial charge on any atom is -0.497 e. The van der Waals surface area contributed by atoms with Crippen LogP contribution in [0.3, 0.4) is 0 Å². The molecule has 1 aromatic carbocycles. The summed E-state index contributed by atoms with van der Waals surface area (Å²) in [5, 5.41) is 13.4. The topological polar surface area (TPSA) is 103 Å². The van der Waals surface area contributed by atoms with Crippen molar-refractivity contribution in [1.82, 2.24) is 15.0 Å². The molecule has 2 aromatic heterocycles. The molecule has 1 aliphatic rings. The van der Waals surface area contributed by atoms with Crippen molar-refractivity contribution in [2.45, 2.75) is 25.9 Å². The fourth-order valence-electron chi connectivity index (χ4n) is 3.45. The molecule has 0 unspecified atom stereocenters. The third-order valence-electron chi connectivity index (χ3n) is 4.90. The first-order valence-electron chi connectivity index (χ1n) is 9.28. The molecule has 3 N–H and O–H groups in total. The van der Waals surface area contributed by atoms with Crippen LogP contribution in [-0.2, 0) is 0 Å². The standard InChI is InChI=1S/C20H23N5O3/c1-12-9-13(11-15(10-12)28-2)22-18-17-16(3-6-21-19(17)27)23-20(24-18)25-7-4-14(26)5-8-25/h3,6,9-11,14,26H,4-5,7-8H2,1-2H3,(H,21,27)(H,22,23,24). The van der Waals surface area contributed by atoms with Crippen LogP contribution in [0.15, 0.2) is 35.3 Å². The highest BCUT2D eigenvalue weighted by Crippen LogP contribution is 2.28. The molecular weight excluding hydrogens is 358 g/mol. The van der Waals surface area contributed by atoms with Gasteiger partial charge in [0.2, 0.25) is 5.95 Å². The van der Waals surface area contributed by atoms with Gasteiger partial charge in [0, 0.05) is 31.0 Å². The smallest absolute Gasteiger partial charge is 0.261 e. The van der Waals surface area contributed by atoms with Gasteiger partial charge in [0.05, 0.1) is 18.7 Å². The predicted molar refractivity (Wildman–Crippen MR) is 109 cm³/mol. The van der Waals surface area contributed by atoms with Gasteiger partial charge in [-0.15, -0.1) is 0 Å². The molecule has 3 aromatic rings. The Hall–Kier alpha value is -3.13. The molecule has 0 aliphatic carbocycles. The number of nitrogens with one attached hydrogen (secondary N) is 2. The second kappa shape index (κ2) is 7.47. The second-order valence-electron chi connectivity index (χ2n) is 7.02. The first-order valence-corrected chi connectivity index (χ1v) is 9.28. The summed E-state index contributed by atoms with van der Waals surface area (Å²) in [6.45, 7) is 3.32. The fourth-order valence-corrected chi connectivity index (χ4v) is 3.45. The number of anilines is 3. The summed E-state index contributed by atoms with van der Waals surface area (Å²) in [7, 11) is 1.62. The first kappa shape index (κ1) is 18.2. The van der Waals surface area contributed by atoms with Crippen molar-refractivity contribution in [3.8, 4) is 5.75 Å². The van der Waals surface area contributed by atoms with Crippen molar-refractivity contribution in [3.05, 3.63) is 46.4 Å². The van der Waals surface area contributed by atoms with Gasteiger partial charge in [-0.05, 0) is 43.5 Å². The van der Waals surface area contributed by atoms with Gasteiger partial charge in [0.15, 0.2) is 0 Å². The molecule has 4 rings (SSSR count). The Kier molecular flexibility index (Phi) is 4.87. The minimum atomic E-state index is -0.281. The highest BCUT2D eigenvalue weighted by molar-refractivity contribution is 5.91. The number of nitrogens with zero attached hydrogens (tertiary/aromatic N) is 3. The highest BCUT2D eigenvalue weighted by Gasteiger charge is 2.21. The van der Waals surface area contributed by atoms with Gasteiger partial charge in [0.25, 0.3) is 5.56 Å². The molecule has 0 spiro atoms. The molecular formula is C20H23N5O3. The van der Waals surface area contributed by atoms with Crippen LogP contribution in [0, 0.1) is 6.92 Å². The van der Waals surface area contributed by atoms with E-state index in [0.29, 0.717) is 48.6 Å². The number of pyridine rings is 1. The summed E-state index contributed by atoms with van der Waals surface area (Å²) in [6.07, 6.45) is 2.65. The number of benzene rings is 1. The van der Waals surface area contributed by atoms with Crippen molar-refractivity contribution >= 4 is 28.4 Å². The molecule has 0 amide bonds. The molecule has 1 saturated heterocycles. The second-order valence-corrected chi connectivity index (χ2v) is 7.02. The third kappa shape index (κ3) is 3.63. The molecule has 28 heavy (non-hydrogen) atoms. The molecule has 0 bridgehead atoms. The number of aliphatic hydroxyl groups excluding tert-OH is 1. The summed E-state index contributed by atoms with van der Waals surface area (Å²) in [4.78, 5) is 26.4. The van der Waals surface area contributed by atoms with Crippen LogP contribution in [0.4, 0.5) is 17.5 Å². The Balaban J connectivity index is 1.79.